The number of furan rings is 1. The molecule has 1 aliphatic heterocycles. The second-order valence-electron chi connectivity index (χ2n) is 5.75. The Morgan fingerprint density at radius 3 is 2.91 bits per heavy atom. The maximum Gasteiger partial charge on any atom is 0.364 e. The minimum atomic E-state index is -0.528. The van der Waals surface area contributed by atoms with Crippen LogP contribution in [0.2, 0.25) is 5.02 Å². The van der Waals surface area contributed by atoms with E-state index in [1.165, 1.54) is 6.20 Å². The number of aliphatic imine (C=N–C) groups is 1. The van der Waals surface area contributed by atoms with Crippen LogP contribution >= 0.6 is 11.6 Å². The molecule has 116 valence electrons. The molecular formula is C17H13ClN2O3. The standard InChI is InChI=1S/C17H13ClN2O3/c1-9-6-12(9)15-3-2-11(22-15)8-14-17(21)23-16(20-14)13-7-10(18)4-5-19-13/h2-5,7-9,12H,6H2,1H3/b14-8-/t9-,12-/m0/s1. The molecule has 0 amide bonds. The Morgan fingerprint density at radius 2 is 2.17 bits per heavy atom. The number of carbonyl (C=O) groups excluding carboxylic acids is 1. The second kappa shape index (κ2) is 5.35. The molecule has 2 atom stereocenters. The molecule has 0 saturated heterocycles. The fourth-order valence-corrected chi connectivity index (χ4v) is 2.70. The van der Waals surface area contributed by atoms with Gasteiger partial charge in [-0.2, -0.15) is 0 Å². The maximum atomic E-state index is 11.9. The summed E-state index contributed by atoms with van der Waals surface area (Å²) in [5, 5.41) is 0.500. The zero-order valence-electron chi connectivity index (χ0n) is 12.3. The van der Waals surface area contributed by atoms with Gasteiger partial charge >= 0.3 is 5.97 Å². The first-order chi connectivity index (χ1) is 11.1. The van der Waals surface area contributed by atoms with Gasteiger partial charge in [0.25, 0.3) is 0 Å². The summed E-state index contributed by atoms with van der Waals surface area (Å²) >= 11 is 5.91. The molecule has 4 rings (SSSR count). The van der Waals surface area contributed by atoms with Crippen LogP contribution in [-0.2, 0) is 9.53 Å². The highest BCUT2D eigenvalue weighted by molar-refractivity contribution is 6.31. The number of esters is 1. The lowest BCUT2D eigenvalue weighted by Crippen LogP contribution is -2.06. The number of pyridine rings is 1. The number of aromatic nitrogens is 1. The smallest absolute Gasteiger partial charge is 0.364 e. The SMILES string of the molecule is C[C@H]1C[C@@H]1c1ccc(/C=C2\N=C(c3cc(Cl)ccn3)OC2=O)o1. The average Bonchev–Trinajstić information content (AvgIpc) is 2.94. The van der Waals surface area contributed by atoms with Gasteiger partial charge in [-0.1, -0.05) is 18.5 Å². The van der Waals surface area contributed by atoms with E-state index in [2.05, 4.69) is 16.9 Å². The average molecular weight is 329 g/mol. The molecule has 0 aromatic carbocycles. The van der Waals surface area contributed by atoms with Gasteiger partial charge in [0, 0.05) is 23.2 Å². The third-order valence-electron chi connectivity index (χ3n) is 3.96. The van der Waals surface area contributed by atoms with Gasteiger partial charge in [0.1, 0.15) is 17.2 Å². The van der Waals surface area contributed by atoms with Gasteiger partial charge in [0.2, 0.25) is 5.90 Å². The number of hydrogen-bond acceptors (Lipinski definition) is 5. The Labute approximate surface area is 137 Å². The number of rotatable bonds is 3. The minimum Gasteiger partial charge on any atom is -0.461 e. The van der Waals surface area contributed by atoms with Gasteiger partial charge in [-0.3, -0.25) is 4.98 Å². The molecule has 23 heavy (non-hydrogen) atoms. The predicted molar refractivity (Wildman–Crippen MR) is 85.1 cm³/mol. The monoisotopic (exact) mass is 328 g/mol. The molecule has 0 N–H and O–H groups in total. The molecule has 0 bridgehead atoms. The molecule has 5 nitrogen and oxygen atoms in total. The molecule has 2 aromatic rings. The van der Waals surface area contributed by atoms with Gasteiger partial charge in [-0.15, -0.1) is 0 Å². The van der Waals surface area contributed by atoms with E-state index in [0.717, 1.165) is 12.2 Å². The molecule has 3 heterocycles. The van der Waals surface area contributed by atoms with Crippen LogP contribution in [0.5, 0.6) is 0 Å². The number of carbonyl (C=O) groups is 1. The highest BCUT2D eigenvalue weighted by Gasteiger charge is 2.36. The van der Waals surface area contributed by atoms with Crippen LogP contribution in [0.15, 0.2) is 45.6 Å². The first kappa shape index (κ1) is 14.2. The summed E-state index contributed by atoms with van der Waals surface area (Å²) < 4.78 is 10.9. The van der Waals surface area contributed by atoms with Crippen LogP contribution in [0.3, 0.4) is 0 Å². The highest BCUT2D eigenvalue weighted by atomic mass is 35.5. The molecule has 2 aliphatic rings. The van der Waals surface area contributed by atoms with E-state index in [-0.39, 0.29) is 11.6 Å². The highest BCUT2D eigenvalue weighted by Crippen LogP contribution is 2.47. The van der Waals surface area contributed by atoms with Gasteiger partial charge in [-0.05, 0) is 36.6 Å². The topological polar surface area (TPSA) is 64.7 Å². The van der Waals surface area contributed by atoms with E-state index >= 15 is 0 Å². The molecule has 0 unspecified atom stereocenters. The van der Waals surface area contributed by atoms with Crippen molar-refractivity contribution < 1.29 is 13.9 Å². The fourth-order valence-electron chi connectivity index (χ4n) is 2.54. The summed E-state index contributed by atoms with van der Waals surface area (Å²) in [6, 6.07) is 7.02. The van der Waals surface area contributed by atoms with Crippen molar-refractivity contribution in [3.63, 3.8) is 0 Å². The van der Waals surface area contributed by atoms with Gasteiger partial charge in [-0.25, -0.2) is 9.79 Å². The van der Waals surface area contributed by atoms with Crippen LogP contribution in [0, 0.1) is 5.92 Å². The molecule has 6 heteroatoms. The third-order valence-corrected chi connectivity index (χ3v) is 4.20. The van der Waals surface area contributed by atoms with Crippen molar-refractivity contribution in [1.82, 2.24) is 4.98 Å². The molecule has 1 saturated carbocycles. The van der Waals surface area contributed by atoms with Crippen molar-refractivity contribution in [2.75, 3.05) is 0 Å². The summed E-state index contributed by atoms with van der Waals surface area (Å²) in [7, 11) is 0. The lowest BCUT2D eigenvalue weighted by atomic mass is 10.3. The van der Waals surface area contributed by atoms with Crippen molar-refractivity contribution in [3.05, 3.63) is 58.4 Å². The first-order valence-electron chi connectivity index (χ1n) is 7.34. The lowest BCUT2D eigenvalue weighted by Gasteiger charge is -1.97. The van der Waals surface area contributed by atoms with E-state index in [0.29, 0.717) is 28.3 Å². The van der Waals surface area contributed by atoms with E-state index in [1.54, 1.807) is 18.2 Å². The molecule has 0 radical (unpaired) electrons. The summed E-state index contributed by atoms with van der Waals surface area (Å²) in [4.78, 5) is 20.2. The molecule has 2 aromatic heterocycles. The van der Waals surface area contributed by atoms with Crippen LogP contribution in [0.4, 0.5) is 0 Å². The predicted octanol–water partition coefficient (Wildman–Crippen LogP) is 3.80. The zero-order chi connectivity index (χ0) is 16.0. The van der Waals surface area contributed by atoms with Crippen LogP contribution < -0.4 is 0 Å². The Kier molecular flexibility index (Phi) is 3.31. The Hall–Kier alpha value is -2.40. The number of halogens is 1. The maximum absolute atomic E-state index is 11.9. The summed E-state index contributed by atoms with van der Waals surface area (Å²) in [6.07, 6.45) is 4.26. The fraction of sp³-hybridized carbons (Fsp3) is 0.235. The molecule has 1 fully saturated rings. The Bertz CT molecular complexity index is 853. The van der Waals surface area contributed by atoms with E-state index < -0.39 is 5.97 Å². The van der Waals surface area contributed by atoms with Gasteiger partial charge < -0.3 is 9.15 Å². The molecule has 1 aliphatic carbocycles. The first-order valence-corrected chi connectivity index (χ1v) is 7.72. The van der Waals surface area contributed by atoms with Crippen molar-refractivity contribution in [3.8, 4) is 0 Å². The van der Waals surface area contributed by atoms with E-state index in [4.69, 9.17) is 20.8 Å². The van der Waals surface area contributed by atoms with Crippen LogP contribution in [0.1, 0.15) is 36.5 Å². The van der Waals surface area contributed by atoms with Gasteiger partial charge in [0.05, 0.1) is 0 Å². The summed E-state index contributed by atoms with van der Waals surface area (Å²) in [6.45, 7) is 2.19. The van der Waals surface area contributed by atoms with Crippen LogP contribution in [-0.4, -0.2) is 16.9 Å². The Balaban J connectivity index is 1.60. The van der Waals surface area contributed by atoms with Crippen molar-refractivity contribution in [1.29, 1.82) is 0 Å². The Morgan fingerprint density at radius 1 is 1.35 bits per heavy atom. The van der Waals surface area contributed by atoms with Crippen molar-refractivity contribution >= 4 is 29.5 Å². The summed E-state index contributed by atoms with van der Waals surface area (Å²) in [5.74, 6) is 2.32. The number of ether oxygens (including phenoxy) is 1. The quantitative estimate of drug-likeness (QED) is 0.635. The second-order valence-corrected chi connectivity index (χ2v) is 6.19. The van der Waals surface area contributed by atoms with Gasteiger partial charge in [0.15, 0.2) is 5.70 Å². The molecular weight excluding hydrogens is 316 g/mol. The van der Waals surface area contributed by atoms with Crippen LogP contribution in [0.25, 0.3) is 6.08 Å². The van der Waals surface area contributed by atoms with E-state index in [9.17, 15) is 4.79 Å². The molecule has 0 spiro atoms. The van der Waals surface area contributed by atoms with Crippen molar-refractivity contribution in [2.24, 2.45) is 10.9 Å². The summed E-state index contributed by atoms with van der Waals surface area (Å²) in [5.41, 5.74) is 0.604. The minimum absolute atomic E-state index is 0.145. The number of cyclic esters (lactones) is 1. The van der Waals surface area contributed by atoms with E-state index in [1.807, 2.05) is 12.1 Å². The number of nitrogens with zero attached hydrogens (tertiary/aromatic N) is 2. The normalized spacial score (nSPS) is 24.7. The largest absolute Gasteiger partial charge is 0.461 e. The van der Waals surface area contributed by atoms with Crippen molar-refractivity contribution in [2.45, 2.75) is 19.3 Å². The zero-order valence-corrected chi connectivity index (χ0v) is 13.1. The third kappa shape index (κ3) is 2.80. The number of hydrogen-bond donors (Lipinski definition) is 0. The lowest BCUT2D eigenvalue weighted by molar-refractivity contribution is -0.129.